The molecule has 3 rings (SSSR count). The summed E-state index contributed by atoms with van der Waals surface area (Å²) in [5.74, 6) is 1.85. The molecule has 0 radical (unpaired) electrons. The zero-order valence-electron chi connectivity index (χ0n) is 10.7. The maximum absolute atomic E-state index is 6.17. The van der Waals surface area contributed by atoms with Gasteiger partial charge >= 0.3 is 0 Å². The fourth-order valence-corrected chi connectivity index (χ4v) is 2.59. The predicted octanol–water partition coefficient (Wildman–Crippen LogP) is 3.20. The molecule has 92 valence electrons. The number of nitrogens with zero attached hydrogens (tertiary/aromatic N) is 1. The molecule has 0 saturated heterocycles. The summed E-state index contributed by atoms with van der Waals surface area (Å²) in [7, 11) is 0. The Morgan fingerprint density at radius 1 is 1.12 bits per heavy atom. The van der Waals surface area contributed by atoms with Crippen LogP contribution in [0.2, 0.25) is 0 Å². The van der Waals surface area contributed by atoms with E-state index in [9.17, 15) is 0 Å². The summed E-state index contributed by atoms with van der Waals surface area (Å²) < 4.78 is 0. The lowest BCUT2D eigenvalue weighted by Crippen LogP contribution is -2.29. The van der Waals surface area contributed by atoms with Crippen LogP contribution in [-0.4, -0.2) is 13.1 Å². The smallest absolute Gasteiger partial charge is 0.0629 e. The second kappa shape index (κ2) is 4.25. The van der Waals surface area contributed by atoms with Crippen LogP contribution in [-0.2, 0) is 0 Å². The molecular formula is C15H22N2. The van der Waals surface area contributed by atoms with Crippen molar-refractivity contribution in [3.63, 3.8) is 0 Å². The molecule has 2 heteroatoms. The molecule has 0 atom stereocenters. The van der Waals surface area contributed by atoms with E-state index in [1.54, 1.807) is 0 Å². The summed E-state index contributed by atoms with van der Waals surface area (Å²) in [6.07, 6.45) is 5.64. The molecule has 0 unspecified atom stereocenters. The van der Waals surface area contributed by atoms with E-state index in [2.05, 4.69) is 24.0 Å². The zero-order valence-corrected chi connectivity index (χ0v) is 10.7. The molecular weight excluding hydrogens is 208 g/mol. The van der Waals surface area contributed by atoms with Crippen molar-refractivity contribution in [1.82, 2.24) is 0 Å². The van der Waals surface area contributed by atoms with Gasteiger partial charge in [-0.05, 0) is 56.1 Å². The number of nitrogens with two attached hydrogens (primary N) is 1. The van der Waals surface area contributed by atoms with Crippen molar-refractivity contribution < 1.29 is 0 Å². The highest BCUT2D eigenvalue weighted by molar-refractivity contribution is 5.71. The molecule has 2 aliphatic rings. The van der Waals surface area contributed by atoms with Crippen LogP contribution in [0.15, 0.2) is 18.2 Å². The highest BCUT2D eigenvalue weighted by atomic mass is 15.2. The number of para-hydroxylation sites is 1. The molecule has 0 aromatic heterocycles. The third kappa shape index (κ3) is 2.56. The molecule has 0 bridgehead atoms. The quantitative estimate of drug-likeness (QED) is 0.787. The van der Waals surface area contributed by atoms with Gasteiger partial charge in [-0.15, -0.1) is 0 Å². The lowest BCUT2D eigenvalue weighted by molar-refractivity contribution is 0.679. The molecule has 2 fully saturated rings. The minimum atomic E-state index is 0.924. The minimum absolute atomic E-state index is 0.924. The van der Waals surface area contributed by atoms with Gasteiger partial charge in [-0.25, -0.2) is 0 Å². The van der Waals surface area contributed by atoms with Crippen LogP contribution in [0.3, 0.4) is 0 Å². The average molecular weight is 230 g/mol. The minimum Gasteiger partial charge on any atom is -0.397 e. The van der Waals surface area contributed by atoms with Gasteiger partial charge in [0, 0.05) is 13.1 Å². The third-order valence-electron chi connectivity index (χ3n) is 3.94. The van der Waals surface area contributed by atoms with E-state index in [1.807, 2.05) is 6.07 Å². The van der Waals surface area contributed by atoms with E-state index < -0.39 is 0 Å². The molecule has 0 aliphatic heterocycles. The number of hydrogen-bond acceptors (Lipinski definition) is 2. The Labute approximate surface area is 104 Å². The van der Waals surface area contributed by atoms with Gasteiger partial charge in [-0.2, -0.15) is 0 Å². The molecule has 0 heterocycles. The van der Waals surface area contributed by atoms with Gasteiger partial charge in [-0.3, -0.25) is 0 Å². The molecule has 0 spiro atoms. The Morgan fingerprint density at radius 2 is 1.71 bits per heavy atom. The number of nitrogen functional groups attached to an aromatic ring is 1. The SMILES string of the molecule is Cc1cccc(N)c1N(CC1CC1)CC1CC1. The summed E-state index contributed by atoms with van der Waals surface area (Å²) in [6, 6.07) is 6.27. The van der Waals surface area contributed by atoms with Gasteiger partial charge in [0.25, 0.3) is 0 Å². The van der Waals surface area contributed by atoms with Crippen LogP contribution in [0.25, 0.3) is 0 Å². The van der Waals surface area contributed by atoms with Crippen LogP contribution >= 0.6 is 0 Å². The highest BCUT2D eigenvalue weighted by Gasteiger charge is 2.30. The fourth-order valence-electron chi connectivity index (χ4n) is 2.59. The number of anilines is 2. The second-order valence-electron chi connectivity index (χ2n) is 5.80. The van der Waals surface area contributed by atoms with Crippen LogP contribution in [0, 0.1) is 18.8 Å². The summed E-state index contributed by atoms with van der Waals surface area (Å²) in [6.45, 7) is 4.61. The van der Waals surface area contributed by atoms with E-state index in [0.29, 0.717) is 0 Å². The summed E-state index contributed by atoms with van der Waals surface area (Å²) in [4.78, 5) is 2.56. The largest absolute Gasteiger partial charge is 0.397 e. The normalized spacial score (nSPS) is 19.4. The molecule has 0 amide bonds. The Balaban J connectivity index is 1.83. The molecule has 2 nitrogen and oxygen atoms in total. The van der Waals surface area contributed by atoms with E-state index in [-0.39, 0.29) is 0 Å². The maximum Gasteiger partial charge on any atom is 0.0629 e. The predicted molar refractivity (Wildman–Crippen MR) is 73.3 cm³/mol. The standard InChI is InChI=1S/C15H22N2/c1-11-3-2-4-14(16)15(11)17(9-12-5-6-12)10-13-7-8-13/h2-4,12-13H,5-10,16H2,1H3. The lowest BCUT2D eigenvalue weighted by Gasteiger charge is -2.28. The van der Waals surface area contributed by atoms with Crippen molar-refractivity contribution in [3.05, 3.63) is 23.8 Å². The van der Waals surface area contributed by atoms with Crippen LogP contribution < -0.4 is 10.6 Å². The second-order valence-corrected chi connectivity index (χ2v) is 5.80. The van der Waals surface area contributed by atoms with Crippen LogP contribution in [0.4, 0.5) is 11.4 Å². The van der Waals surface area contributed by atoms with E-state index >= 15 is 0 Å². The average Bonchev–Trinajstić information content (AvgIpc) is 3.12. The first-order valence-electron chi connectivity index (χ1n) is 6.84. The van der Waals surface area contributed by atoms with E-state index in [4.69, 9.17) is 5.73 Å². The van der Waals surface area contributed by atoms with Crippen molar-refractivity contribution in [2.75, 3.05) is 23.7 Å². The summed E-state index contributed by atoms with van der Waals surface area (Å²) in [5.41, 5.74) is 9.75. The Morgan fingerprint density at radius 3 is 2.18 bits per heavy atom. The first-order valence-corrected chi connectivity index (χ1v) is 6.84. The highest BCUT2D eigenvalue weighted by Crippen LogP contribution is 2.38. The van der Waals surface area contributed by atoms with Gasteiger partial charge in [0.2, 0.25) is 0 Å². The van der Waals surface area contributed by atoms with Gasteiger partial charge in [0.1, 0.15) is 0 Å². The molecule has 1 aromatic rings. The van der Waals surface area contributed by atoms with Crippen LogP contribution in [0.5, 0.6) is 0 Å². The number of hydrogen-bond donors (Lipinski definition) is 1. The maximum atomic E-state index is 6.17. The van der Waals surface area contributed by atoms with Gasteiger partial charge in [0.15, 0.2) is 0 Å². The first kappa shape index (κ1) is 10.9. The van der Waals surface area contributed by atoms with E-state index in [1.165, 1.54) is 50.0 Å². The van der Waals surface area contributed by atoms with Crippen molar-refractivity contribution in [2.45, 2.75) is 32.6 Å². The molecule has 2 saturated carbocycles. The summed E-state index contributed by atoms with van der Waals surface area (Å²) in [5, 5.41) is 0. The molecule has 17 heavy (non-hydrogen) atoms. The van der Waals surface area contributed by atoms with Gasteiger partial charge < -0.3 is 10.6 Å². The topological polar surface area (TPSA) is 29.3 Å². The zero-order chi connectivity index (χ0) is 11.8. The number of benzene rings is 1. The number of rotatable bonds is 5. The van der Waals surface area contributed by atoms with Crippen molar-refractivity contribution in [3.8, 4) is 0 Å². The van der Waals surface area contributed by atoms with Gasteiger partial charge in [-0.1, -0.05) is 12.1 Å². The number of aryl methyl sites for hydroxylation is 1. The van der Waals surface area contributed by atoms with Crippen molar-refractivity contribution in [1.29, 1.82) is 0 Å². The van der Waals surface area contributed by atoms with Crippen molar-refractivity contribution >= 4 is 11.4 Å². The third-order valence-corrected chi connectivity index (χ3v) is 3.94. The van der Waals surface area contributed by atoms with Crippen molar-refractivity contribution in [2.24, 2.45) is 11.8 Å². The molecule has 2 N–H and O–H groups in total. The first-order chi connectivity index (χ1) is 8.24. The monoisotopic (exact) mass is 230 g/mol. The Hall–Kier alpha value is -1.18. The Kier molecular flexibility index (Phi) is 2.73. The van der Waals surface area contributed by atoms with Crippen LogP contribution in [0.1, 0.15) is 31.2 Å². The fraction of sp³-hybridized carbons (Fsp3) is 0.600. The summed E-state index contributed by atoms with van der Waals surface area (Å²) >= 11 is 0. The lowest BCUT2D eigenvalue weighted by atomic mass is 10.1. The molecule has 1 aromatic carbocycles. The molecule has 2 aliphatic carbocycles. The van der Waals surface area contributed by atoms with E-state index in [0.717, 1.165) is 17.5 Å². The Bertz CT molecular complexity index is 371. The van der Waals surface area contributed by atoms with Gasteiger partial charge in [0.05, 0.1) is 11.4 Å².